The fourth-order valence-corrected chi connectivity index (χ4v) is 4.54. The standard InChI is InChI=1S/C17H24FN5/c1-16(2)9-6-10-17(3,4)23(16)14-13-11(18)7-5-8-12(13)20-15(14)21-22-19/h5,7-8,14-15,20H,6,9-10H2,1-4H3. The summed E-state index contributed by atoms with van der Waals surface area (Å²) >= 11 is 0. The van der Waals surface area contributed by atoms with Gasteiger partial charge >= 0.3 is 0 Å². The first-order valence-corrected chi connectivity index (χ1v) is 8.16. The number of fused-ring (bicyclic) bond motifs is 1. The van der Waals surface area contributed by atoms with Crippen LogP contribution in [0.25, 0.3) is 10.4 Å². The maximum Gasteiger partial charge on any atom is 0.130 e. The zero-order valence-corrected chi connectivity index (χ0v) is 14.2. The summed E-state index contributed by atoms with van der Waals surface area (Å²) in [5.41, 5.74) is 10.1. The van der Waals surface area contributed by atoms with E-state index in [1.165, 1.54) is 6.07 Å². The lowest BCUT2D eigenvalue weighted by molar-refractivity contribution is -0.0660. The molecule has 23 heavy (non-hydrogen) atoms. The van der Waals surface area contributed by atoms with Gasteiger partial charge in [0.15, 0.2) is 0 Å². The molecular weight excluding hydrogens is 293 g/mol. The van der Waals surface area contributed by atoms with Crippen LogP contribution < -0.4 is 5.32 Å². The van der Waals surface area contributed by atoms with Crippen molar-refractivity contribution in [3.63, 3.8) is 0 Å². The van der Waals surface area contributed by atoms with E-state index in [2.05, 4.69) is 47.9 Å². The van der Waals surface area contributed by atoms with Crippen molar-refractivity contribution in [2.24, 2.45) is 5.11 Å². The fourth-order valence-electron chi connectivity index (χ4n) is 4.54. The molecule has 2 atom stereocenters. The van der Waals surface area contributed by atoms with Gasteiger partial charge in [0.1, 0.15) is 12.0 Å². The molecule has 2 unspecified atom stereocenters. The Balaban J connectivity index is 2.16. The maximum atomic E-state index is 14.6. The minimum Gasteiger partial charge on any atom is -0.375 e. The molecule has 0 radical (unpaired) electrons. The smallest absolute Gasteiger partial charge is 0.130 e. The summed E-state index contributed by atoms with van der Waals surface area (Å²) in [5.74, 6) is -0.243. The van der Waals surface area contributed by atoms with Gasteiger partial charge in [0, 0.05) is 27.2 Å². The van der Waals surface area contributed by atoms with E-state index in [0.29, 0.717) is 5.56 Å². The molecule has 1 aromatic carbocycles. The van der Waals surface area contributed by atoms with Crippen LogP contribution in [0.15, 0.2) is 23.3 Å². The molecule has 1 aromatic rings. The lowest BCUT2D eigenvalue weighted by Crippen LogP contribution is -2.61. The van der Waals surface area contributed by atoms with E-state index in [1.807, 2.05) is 6.07 Å². The summed E-state index contributed by atoms with van der Waals surface area (Å²) in [5, 5.41) is 7.13. The van der Waals surface area contributed by atoms with Crippen LogP contribution in [0.1, 0.15) is 58.6 Å². The molecule has 0 bridgehead atoms. The maximum absolute atomic E-state index is 14.6. The third-order valence-corrected chi connectivity index (χ3v) is 5.29. The highest BCUT2D eigenvalue weighted by molar-refractivity contribution is 5.59. The molecular formula is C17H24FN5. The normalized spacial score (nSPS) is 28.6. The molecule has 0 aromatic heterocycles. The molecule has 1 fully saturated rings. The van der Waals surface area contributed by atoms with Gasteiger partial charge in [0.2, 0.25) is 0 Å². The van der Waals surface area contributed by atoms with Crippen molar-refractivity contribution >= 4 is 5.69 Å². The Morgan fingerprint density at radius 1 is 1.26 bits per heavy atom. The number of likely N-dealkylation sites (tertiary alicyclic amines) is 1. The van der Waals surface area contributed by atoms with Crippen LogP contribution in [0.5, 0.6) is 0 Å². The number of halogens is 1. The molecule has 2 aliphatic heterocycles. The van der Waals surface area contributed by atoms with Crippen molar-refractivity contribution in [2.45, 2.75) is 70.2 Å². The second-order valence-electron chi connectivity index (χ2n) is 7.79. The molecule has 1 N–H and O–H groups in total. The predicted molar refractivity (Wildman–Crippen MR) is 89.5 cm³/mol. The molecule has 0 spiro atoms. The van der Waals surface area contributed by atoms with Gasteiger partial charge in [0.25, 0.3) is 0 Å². The Labute approximate surface area is 136 Å². The van der Waals surface area contributed by atoms with Gasteiger partial charge in [-0.3, -0.25) is 4.90 Å². The monoisotopic (exact) mass is 317 g/mol. The largest absolute Gasteiger partial charge is 0.375 e. The van der Waals surface area contributed by atoms with E-state index in [0.717, 1.165) is 24.9 Å². The zero-order valence-electron chi connectivity index (χ0n) is 14.2. The number of piperidine rings is 1. The average molecular weight is 317 g/mol. The number of azide groups is 1. The summed E-state index contributed by atoms with van der Waals surface area (Å²) in [6.45, 7) is 8.78. The Hall–Kier alpha value is -1.78. The molecule has 0 amide bonds. The molecule has 3 rings (SSSR count). The highest BCUT2D eigenvalue weighted by Gasteiger charge is 2.50. The Morgan fingerprint density at radius 3 is 2.52 bits per heavy atom. The summed E-state index contributed by atoms with van der Waals surface area (Å²) in [7, 11) is 0. The first kappa shape index (κ1) is 16.1. The summed E-state index contributed by atoms with van der Waals surface area (Å²) in [6.07, 6.45) is 2.73. The lowest BCUT2D eigenvalue weighted by Gasteiger charge is -2.56. The SMILES string of the molecule is CC1(C)CCCC(C)(C)N1C1c2c(F)cccc2NC1N=[N+]=[N-]. The number of nitrogens with zero attached hydrogens (tertiary/aromatic N) is 4. The summed E-state index contributed by atoms with van der Waals surface area (Å²) in [6, 6.07) is 4.72. The number of hydrogen-bond donors (Lipinski definition) is 1. The summed E-state index contributed by atoms with van der Waals surface area (Å²) in [4.78, 5) is 5.34. The molecule has 5 nitrogen and oxygen atoms in total. The second kappa shape index (κ2) is 5.39. The fraction of sp³-hybridized carbons (Fsp3) is 0.647. The van der Waals surface area contributed by atoms with Gasteiger partial charge in [-0.05, 0) is 64.6 Å². The third kappa shape index (κ3) is 2.56. The average Bonchev–Trinajstić information content (AvgIpc) is 2.77. The van der Waals surface area contributed by atoms with E-state index in [4.69, 9.17) is 5.53 Å². The lowest BCUT2D eigenvalue weighted by atomic mass is 9.77. The van der Waals surface area contributed by atoms with Crippen molar-refractivity contribution in [3.8, 4) is 0 Å². The number of rotatable bonds is 2. The minimum absolute atomic E-state index is 0.0960. The van der Waals surface area contributed by atoms with Crippen LogP contribution in [0.2, 0.25) is 0 Å². The number of hydrogen-bond acceptors (Lipinski definition) is 3. The van der Waals surface area contributed by atoms with Crippen LogP contribution in [0.3, 0.4) is 0 Å². The van der Waals surface area contributed by atoms with Crippen LogP contribution in [-0.4, -0.2) is 22.1 Å². The van der Waals surface area contributed by atoms with Crippen molar-refractivity contribution in [1.29, 1.82) is 0 Å². The van der Waals surface area contributed by atoms with E-state index in [9.17, 15) is 4.39 Å². The van der Waals surface area contributed by atoms with Gasteiger partial charge in [-0.25, -0.2) is 4.39 Å². The first-order chi connectivity index (χ1) is 10.8. The highest BCUT2D eigenvalue weighted by atomic mass is 19.1. The van der Waals surface area contributed by atoms with Crippen molar-refractivity contribution in [2.75, 3.05) is 5.32 Å². The molecule has 2 aliphatic rings. The minimum atomic E-state index is -0.497. The Morgan fingerprint density at radius 2 is 1.91 bits per heavy atom. The van der Waals surface area contributed by atoms with Crippen LogP contribution >= 0.6 is 0 Å². The van der Waals surface area contributed by atoms with Gasteiger partial charge in [-0.15, -0.1) is 0 Å². The van der Waals surface area contributed by atoms with Gasteiger partial charge < -0.3 is 5.32 Å². The van der Waals surface area contributed by atoms with Crippen molar-refractivity contribution in [1.82, 2.24) is 4.90 Å². The molecule has 1 saturated heterocycles. The Kier molecular flexibility index (Phi) is 3.77. The van der Waals surface area contributed by atoms with Crippen LogP contribution in [0, 0.1) is 5.82 Å². The molecule has 0 aliphatic carbocycles. The quantitative estimate of drug-likeness (QED) is 0.475. The number of nitrogens with one attached hydrogen (secondary N) is 1. The third-order valence-electron chi connectivity index (χ3n) is 5.29. The van der Waals surface area contributed by atoms with E-state index in [-0.39, 0.29) is 22.9 Å². The summed E-state index contributed by atoms with van der Waals surface area (Å²) < 4.78 is 14.6. The molecule has 0 saturated carbocycles. The van der Waals surface area contributed by atoms with E-state index in [1.54, 1.807) is 6.07 Å². The van der Waals surface area contributed by atoms with Gasteiger partial charge in [0.05, 0.1) is 6.04 Å². The number of anilines is 1. The van der Waals surface area contributed by atoms with Crippen molar-refractivity contribution < 1.29 is 4.39 Å². The molecule has 6 heteroatoms. The Bertz CT molecular complexity index is 647. The predicted octanol–water partition coefficient (Wildman–Crippen LogP) is 4.97. The van der Waals surface area contributed by atoms with Crippen molar-refractivity contribution in [3.05, 3.63) is 40.0 Å². The first-order valence-electron chi connectivity index (χ1n) is 8.16. The molecule has 2 heterocycles. The highest BCUT2D eigenvalue weighted by Crippen LogP contribution is 2.50. The van der Waals surface area contributed by atoms with Gasteiger partial charge in [-0.1, -0.05) is 11.2 Å². The zero-order chi connectivity index (χ0) is 16.8. The second-order valence-corrected chi connectivity index (χ2v) is 7.79. The van der Waals surface area contributed by atoms with Crippen LogP contribution in [-0.2, 0) is 0 Å². The van der Waals surface area contributed by atoms with E-state index < -0.39 is 6.17 Å². The van der Waals surface area contributed by atoms with E-state index >= 15 is 0 Å². The van der Waals surface area contributed by atoms with Crippen LogP contribution in [0.4, 0.5) is 10.1 Å². The number of benzene rings is 1. The molecule has 124 valence electrons. The topological polar surface area (TPSA) is 64.0 Å². The van der Waals surface area contributed by atoms with Gasteiger partial charge in [-0.2, -0.15) is 0 Å².